The summed E-state index contributed by atoms with van der Waals surface area (Å²) in [5.74, 6) is -1.18. The van der Waals surface area contributed by atoms with Crippen LogP contribution in [0.4, 0.5) is 0 Å². The van der Waals surface area contributed by atoms with E-state index in [0.29, 0.717) is 12.2 Å². The molecule has 0 radical (unpaired) electrons. The second-order valence-corrected chi connectivity index (χ2v) is 6.09. The van der Waals surface area contributed by atoms with Crippen molar-refractivity contribution in [3.05, 3.63) is 58.5 Å². The van der Waals surface area contributed by atoms with E-state index in [9.17, 15) is 14.4 Å². The number of amides is 1. The van der Waals surface area contributed by atoms with E-state index in [0.717, 1.165) is 4.68 Å². The van der Waals surface area contributed by atoms with Gasteiger partial charge in [-0.15, -0.1) is 0 Å². The molecule has 1 N–H and O–H groups in total. The van der Waals surface area contributed by atoms with Gasteiger partial charge in [0.05, 0.1) is 12.1 Å². The van der Waals surface area contributed by atoms with Crippen LogP contribution in [0.2, 0.25) is 0 Å². The van der Waals surface area contributed by atoms with Crippen molar-refractivity contribution >= 4 is 11.9 Å². The van der Waals surface area contributed by atoms with Gasteiger partial charge in [-0.25, -0.2) is 0 Å². The third-order valence-corrected chi connectivity index (χ3v) is 3.49. The molecule has 0 unspecified atom stereocenters. The molecule has 0 bridgehead atoms. The fourth-order valence-corrected chi connectivity index (χ4v) is 2.39. The predicted molar refractivity (Wildman–Crippen MR) is 92.8 cm³/mol. The smallest absolute Gasteiger partial charge is 0.305 e. The van der Waals surface area contributed by atoms with Gasteiger partial charge in [-0.05, 0) is 24.1 Å². The molecule has 1 aromatic carbocycles. The SMILES string of the molecule is CC(C)CN(CCC(=O)O)C(=O)c1ccc(=O)n(-c2ccccc2)n1. The Kier molecular flexibility index (Phi) is 6.05. The molecule has 0 saturated heterocycles. The van der Waals surface area contributed by atoms with Gasteiger partial charge in [-0.3, -0.25) is 14.4 Å². The van der Waals surface area contributed by atoms with Crippen molar-refractivity contribution in [2.45, 2.75) is 20.3 Å². The van der Waals surface area contributed by atoms with Crippen LogP contribution >= 0.6 is 0 Å². The first-order valence-electron chi connectivity index (χ1n) is 8.05. The molecule has 0 aliphatic heterocycles. The van der Waals surface area contributed by atoms with Gasteiger partial charge < -0.3 is 10.0 Å². The molecule has 7 heteroatoms. The Morgan fingerprint density at radius 3 is 2.44 bits per heavy atom. The van der Waals surface area contributed by atoms with Crippen LogP contribution in [0.25, 0.3) is 5.69 Å². The summed E-state index contributed by atoms with van der Waals surface area (Å²) in [6.45, 7) is 4.40. The maximum Gasteiger partial charge on any atom is 0.305 e. The molecule has 0 atom stereocenters. The zero-order valence-corrected chi connectivity index (χ0v) is 14.3. The first-order valence-corrected chi connectivity index (χ1v) is 8.05. The van der Waals surface area contributed by atoms with Crippen LogP contribution in [0.5, 0.6) is 0 Å². The van der Waals surface area contributed by atoms with E-state index in [1.54, 1.807) is 24.3 Å². The van der Waals surface area contributed by atoms with Gasteiger partial charge >= 0.3 is 5.97 Å². The molecular weight excluding hydrogens is 322 g/mol. The minimum absolute atomic E-state index is 0.0957. The molecule has 1 aromatic heterocycles. The largest absolute Gasteiger partial charge is 0.481 e. The molecular formula is C18H21N3O4. The summed E-state index contributed by atoms with van der Waals surface area (Å²) in [6, 6.07) is 11.5. The summed E-state index contributed by atoms with van der Waals surface area (Å²) in [6.07, 6.45) is -0.142. The molecule has 25 heavy (non-hydrogen) atoms. The van der Waals surface area contributed by atoms with Crippen molar-refractivity contribution in [1.82, 2.24) is 14.7 Å². The van der Waals surface area contributed by atoms with Gasteiger partial charge in [-0.1, -0.05) is 32.0 Å². The quantitative estimate of drug-likeness (QED) is 0.827. The van der Waals surface area contributed by atoms with Crippen molar-refractivity contribution in [3.63, 3.8) is 0 Å². The monoisotopic (exact) mass is 343 g/mol. The number of rotatable bonds is 7. The lowest BCUT2D eigenvalue weighted by molar-refractivity contribution is -0.137. The van der Waals surface area contributed by atoms with E-state index in [-0.39, 0.29) is 36.0 Å². The van der Waals surface area contributed by atoms with Crippen LogP contribution in [0.1, 0.15) is 30.8 Å². The molecule has 7 nitrogen and oxygen atoms in total. The van der Waals surface area contributed by atoms with E-state index in [4.69, 9.17) is 5.11 Å². The Labute approximate surface area is 145 Å². The molecule has 0 aliphatic rings. The molecule has 0 spiro atoms. The number of nitrogens with zero attached hydrogens (tertiary/aromatic N) is 3. The first-order chi connectivity index (χ1) is 11.9. The second-order valence-electron chi connectivity index (χ2n) is 6.09. The van der Waals surface area contributed by atoms with Crippen LogP contribution < -0.4 is 5.56 Å². The maximum atomic E-state index is 12.7. The molecule has 1 heterocycles. The van der Waals surface area contributed by atoms with Crippen LogP contribution in [0, 0.1) is 5.92 Å². The Morgan fingerprint density at radius 2 is 1.84 bits per heavy atom. The van der Waals surface area contributed by atoms with Crippen molar-refractivity contribution in [2.24, 2.45) is 5.92 Å². The number of para-hydroxylation sites is 1. The van der Waals surface area contributed by atoms with Crippen LogP contribution in [-0.4, -0.2) is 44.8 Å². The van der Waals surface area contributed by atoms with Crippen molar-refractivity contribution in [1.29, 1.82) is 0 Å². The highest BCUT2D eigenvalue weighted by Gasteiger charge is 2.20. The van der Waals surface area contributed by atoms with Gasteiger partial charge in [-0.2, -0.15) is 9.78 Å². The van der Waals surface area contributed by atoms with E-state index in [2.05, 4.69) is 5.10 Å². The van der Waals surface area contributed by atoms with Crippen LogP contribution in [0.3, 0.4) is 0 Å². The highest BCUT2D eigenvalue weighted by atomic mass is 16.4. The van der Waals surface area contributed by atoms with Crippen LogP contribution in [0.15, 0.2) is 47.3 Å². The second kappa shape index (κ2) is 8.23. The van der Waals surface area contributed by atoms with Crippen molar-refractivity contribution in [2.75, 3.05) is 13.1 Å². The fourth-order valence-electron chi connectivity index (χ4n) is 2.39. The van der Waals surface area contributed by atoms with Gasteiger partial charge in [0.15, 0.2) is 0 Å². The number of carboxylic acids is 1. The number of aromatic nitrogens is 2. The van der Waals surface area contributed by atoms with Gasteiger partial charge in [0.1, 0.15) is 5.69 Å². The fraction of sp³-hybridized carbons (Fsp3) is 0.333. The third-order valence-electron chi connectivity index (χ3n) is 3.49. The minimum Gasteiger partial charge on any atom is -0.481 e. The highest BCUT2D eigenvalue weighted by molar-refractivity contribution is 5.92. The number of carbonyl (C=O) groups is 2. The van der Waals surface area contributed by atoms with Gasteiger partial charge in [0.25, 0.3) is 11.5 Å². The van der Waals surface area contributed by atoms with Crippen molar-refractivity contribution < 1.29 is 14.7 Å². The molecule has 0 aliphatic carbocycles. The molecule has 2 rings (SSSR count). The van der Waals surface area contributed by atoms with Gasteiger partial charge in [0.2, 0.25) is 0 Å². The summed E-state index contributed by atoms with van der Waals surface area (Å²) in [7, 11) is 0. The van der Waals surface area contributed by atoms with Crippen molar-refractivity contribution in [3.8, 4) is 5.69 Å². The predicted octanol–water partition coefficient (Wildman–Crippen LogP) is 1.81. The summed E-state index contributed by atoms with van der Waals surface area (Å²) in [4.78, 5) is 37.1. The number of carbonyl (C=O) groups excluding carboxylic acids is 1. The zero-order valence-electron chi connectivity index (χ0n) is 14.3. The lowest BCUT2D eigenvalue weighted by Gasteiger charge is -2.23. The molecule has 132 valence electrons. The average Bonchev–Trinajstić information content (AvgIpc) is 2.58. The Hall–Kier alpha value is -2.96. The maximum absolute atomic E-state index is 12.7. The summed E-state index contributed by atoms with van der Waals surface area (Å²) in [5, 5.41) is 13.0. The number of hydrogen-bond donors (Lipinski definition) is 1. The molecule has 0 saturated carbocycles. The Morgan fingerprint density at radius 1 is 1.16 bits per heavy atom. The third kappa shape index (κ3) is 5.00. The molecule has 1 amide bonds. The number of aliphatic carboxylic acids is 1. The number of carboxylic acid groups (broad SMARTS) is 1. The number of benzene rings is 1. The standard InChI is InChI=1S/C18H21N3O4/c1-13(2)12-20(11-10-17(23)24)18(25)15-8-9-16(22)21(19-15)14-6-4-3-5-7-14/h3-9,13H,10-12H2,1-2H3,(H,23,24). The summed E-state index contributed by atoms with van der Waals surface area (Å²) >= 11 is 0. The van der Waals surface area contributed by atoms with Gasteiger partial charge in [0, 0.05) is 19.2 Å². The summed E-state index contributed by atoms with van der Waals surface area (Å²) < 4.78 is 1.16. The Balaban J connectivity index is 2.33. The Bertz CT molecular complexity index is 799. The van der Waals surface area contributed by atoms with E-state index in [1.165, 1.54) is 17.0 Å². The topological polar surface area (TPSA) is 92.5 Å². The minimum atomic E-state index is -0.969. The highest BCUT2D eigenvalue weighted by Crippen LogP contribution is 2.08. The molecule has 2 aromatic rings. The number of hydrogen-bond acceptors (Lipinski definition) is 4. The van der Waals surface area contributed by atoms with E-state index in [1.807, 2.05) is 19.9 Å². The van der Waals surface area contributed by atoms with Crippen LogP contribution in [-0.2, 0) is 4.79 Å². The lowest BCUT2D eigenvalue weighted by atomic mass is 10.2. The van der Waals surface area contributed by atoms with E-state index >= 15 is 0 Å². The van der Waals surface area contributed by atoms with E-state index < -0.39 is 5.97 Å². The lowest BCUT2D eigenvalue weighted by Crippen LogP contribution is -2.37. The average molecular weight is 343 g/mol. The molecule has 0 fully saturated rings. The zero-order chi connectivity index (χ0) is 18.4. The normalized spacial score (nSPS) is 10.7. The first kappa shape index (κ1) is 18.4. The summed E-state index contributed by atoms with van der Waals surface area (Å²) in [5.41, 5.74) is 0.321.